The van der Waals surface area contributed by atoms with Crippen LogP contribution in [0.1, 0.15) is 47.5 Å². The fourth-order valence-corrected chi connectivity index (χ4v) is 1.74. The lowest BCUT2D eigenvalue weighted by Crippen LogP contribution is -2.44. The molecule has 2 heteroatoms. The van der Waals surface area contributed by atoms with Gasteiger partial charge in [0.25, 0.3) is 0 Å². The molecule has 0 aromatic rings. The average molecular weight is 201 g/mol. The highest BCUT2D eigenvalue weighted by atomic mass is 16.3. The second-order valence-electron chi connectivity index (χ2n) is 4.20. The summed E-state index contributed by atoms with van der Waals surface area (Å²) in [5, 5.41) is 9.40. The number of hydrogen-bond donors (Lipinski definition) is 1. The first kappa shape index (κ1) is 13.9. The van der Waals surface area contributed by atoms with Gasteiger partial charge >= 0.3 is 0 Å². The van der Waals surface area contributed by atoms with E-state index in [0.29, 0.717) is 6.04 Å². The predicted molar refractivity (Wildman–Crippen MR) is 62.5 cm³/mol. The van der Waals surface area contributed by atoms with E-state index in [2.05, 4.69) is 18.7 Å². The van der Waals surface area contributed by atoms with Gasteiger partial charge in [0.15, 0.2) is 0 Å². The highest BCUT2D eigenvalue weighted by molar-refractivity contribution is 4.77. The van der Waals surface area contributed by atoms with Gasteiger partial charge in [-0.2, -0.15) is 0 Å². The van der Waals surface area contributed by atoms with Crippen molar-refractivity contribution in [2.24, 2.45) is 5.92 Å². The molecule has 1 N–H and O–H groups in total. The van der Waals surface area contributed by atoms with Crippen molar-refractivity contribution >= 4 is 0 Å². The predicted octanol–water partition coefficient (Wildman–Crippen LogP) is 2.51. The molecule has 1 saturated heterocycles. The summed E-state index contributed by atoms with van der Waals surface area (Å²) >= 11 is 0. The Bertz CT molecular complexity index is 128. The fourth-order valence-electron chi connectivity index (χ4n) is 1.74. The molecule has 2 atom stereocenters. The number of hydrogen-bond acceptors (Lipinski definition) is 2. The second-order valence-corrected chi connectivity index (χ2v) is 4.20. The Labute approximate surface area is 89.3 Å². The van der Waals surface area contributed by atoms with E-state index in [1.165, 1.54) is 12.8 Å². The maximum absolute atomic E-state index is 9.40. The number of rotatable bonds is 2. The van der Waals surface area contributed by atoms with Crippen LogP contribution in [0, 0.1) is 5.92 Å². The first-order chi connectivity index (χ1) is 6.61. The number of likely N-dealkylation sites (tertiary alicyclic amines) is 1. The van der Waals surface area contributed by atoms with Gasteiger partial charge in [0.05, 0.1) is 6.10 Å². The van der Waals surface area contributed by atoms with Gasteiger partial charge in [-0.3, -0.25) is 4.90 Å². The quantitative estimate of drug-likeness (QED) is 0.742. The topological polar surface area (TPSA) is 23.5 Å². The Hall–Kier alpha value is -0.0800. The first-order valence-corrected chi connectivity index (χ1v) is 6.03. The normalized spacial score (nSPS) is 23.6. The summed E-state index contributed by atoms with van der Waals surface area (Å²) in [7, 11) is 0. The number of nitrogens with zero attached hydrogens (tertiary/aromatic N) is 1. The first-order valence-electron chi connectivity index (χ1n) is 6.03. The molecule has 1 fully saturated rings. The van der Waals surface area contributed by atoms with Gasteiger partial charge in [-0.1, -0.05) is 20.8 Å². The van der Waals surface area contributed by atoms with E-state index in [4.69, 9.17) is 0 Å². The lowest BCUT2D eigenvalue weighted by atomic mass is 9.97. The van der Waals surface area contributed by atoms with Crippen LogP contribution < -0.4 is 0 Å². The Morgan fingerprint density at radius 2 is 1.57 bits per heavy atom. The molecule has 0 saturated carbocycles. The zero-order chi connectivity index (χ0) is 11.1. The average Bonchev–Trinajstić information content (AvgIpc) is 2.21. The second kappa shape index (κ2) is 7.24. The van der Waals surface area contributed by atoms with Crippen LogP contribution in [0.25, 0.3) is 0 Å². The summed E-state index contributed by atoms with van der Waals surface area (Å²) in [5.74, 6) is 0.877. The summed E-state index contributed by atoms with van der Waals surface area (Å²) in [4.78, 5) is 2.39. The number of piperidine rings is 1. The highest BCUT2D eigenvalue weighted by Gasteiger charge is 2.22. The van der Waals surface area contributed by atoms with E-state index >= 15 is 0 Å². The molecule has 0 spiro atoms. The lowest BCUT2D eigenvalue weighted by Gasteiger charge is -2.36. The van der Waals surface area contributed by atoms with Crippen molar-refractivity contribution in [1.29, 1.82) is 0 Å². The minimum Gasteiger partial charge on any atom is -0.392 e. The molecule has 0 radical (unpaired) electrons. The van der Waals surface area contributed by atoms with E-state index in [0.717, 1.165) is 19.0 Å². The molecule has 2 unspecified atom stereocenters. The van der Waals surface area contributed by atoms with Crippen molar-refractivity contribution in [3.8, 4) is 0 Å². The van der Waals surface area contributed by atoms with Gasteiger partial charge in [0.2, 0.25) is 0 Å². The van der Waals surface area contributed by atoms with Crippen LogP contribution in [0.2, 0.25) is 0 Å². The molecule has 0 aromatic heterocycles. The monoisotopic (exact) mass is 201 g/mol. The Kier molecular flexibility index (Phi) is 7.20. The molecule has 86 valence electrons. The molecular weight excluding hydrogens is 174 g/mol. The Balaban J connectivity index is 0.000000791. The van der Waals surface area contributed by atoms with Gasteiger partial charge < -0.3 is 5.11 Å². The maximum Gasteiger partial charge on any atom is 0.0664 e. The molecule has 1 rings (SSSR count). The van der Waals surface area contributed by atoms with Crippen LogP contribution in [-0.2, 0) is 0 Å². The van der Waals surface area contributed by atoms with Crippen molar-refractivity contribution in [3.05, 3.63) is 0 Å². The maximum atomic E-state index is 9.40. The Morgan fingerprint density at radius 1 is 1.14 bits per heavy atom. The Morgan fingerprint density at radius 3 is 1.93 bits per heavy atom. The van der Waals surface area contributed by atoms with E-state index in [1.54, 1.807) is 0 Å². The molecule has 0 aliphatic carbocycles. The van der Waals surface area contributed by atoms with Gasteiger partial charge in [-0.25, -0.2) is 0 Å². The van der Waals surface area contributed by atoms with E-state index in [-0.39, 0.29) is 6.10 Å². The van der Waals surface area contributed by atoms with Crippen molar-refractivity contribution < 1.29 is 5.11 Å². The molecule has 14 heavy (non-hydrogen) atoms. The van der Waals surface area contributed by atoms with E-state index in [9.17, 15) is 5.11 Å². The minimum atomic E-state index is -0.196. The third kappa shape index (κ3) is 4.43. The van der Waals surface area contributed by atoms with Crippen LogP contribution in [0.3, 0.4) is 0 Å². The summed E-state index contributed by atoms with van der Waals surface area (Å²) in [6.45, 7) is 12.6. The minimum absolute atomic E-state index is 0.196. The summed E-state index contributed by atoms with van der Waals surface area (Å²) in [6, 6.07) is 0.331. The van der Waals surface area contributed by atoms with Crippen molar-refractivity contribution in [1.82, 2.24) is 4.90 Å². The standard InChI is InChI=1S/C10H21NO.C2H6/c1-8-4-6-11(7-5-8)9(2)10(3)12;1-2/h8-10,12H,4-7H2,1-3H3;1-2H3. The number of aliphatic hydroxyl groups is 1. The molecule has 1 aliphatic rings. The lowest BCUT2D eigenvalue weighted by molar-refractivity contribution is 0.0501. The van der Waals surface area contributed by atoms with E-state index < -0.39 is 0 Å². The molecular formula is C12H27NO. The smallest absolute Gasteiger partial charge is 0.0664 e. The van der Waals surface area contributed by atoms with Gasteiger partial charge in [-0.05, 0) is 45.7 Å². The van der Waals surface area contributed by atoms with Gasteiger partial charge in [0.1, 0.15) is 0 Å². The third-order valence-corrected chi connectivity index (χ3v) is 3.09. The SMILES string of the molecule is CC.CC1CCN(C(C)C(C)O)CC1. The van der Waals surface area contributed by atoms with Crippen LogP contribution >= 0.6 is 0 Å². The highest BCUT2D eigenvalue weighted by Crippen LogP contribution is 2.18. The molecule has 0 aromatic carbocycles. The molecule has 0 bridgehead atoms. The number of aliphatic hydroxyl groups excluding tert-OH is 1. The molecule has 0 amide bonds. The van der Waals surface area contributed by atoms with E-state index in [1.807, 2.05) is 20.8 Å². The molecule has 2 nitrogen and oxygen atoms in total. The van der Waals surface area contributed by atoms with Crippen LogP contribution in [0.5, 0.6) is 0 Å². The van der Waals surface area contributed by atoms with Crippen molar-refractivity contribution in [2.45, 2.75) is 59.6 Å². The largest absolute Gasteiger partial charge is 0.392 e. The summed E-state index contributed by atoms with van der Waals surface area (Å²) < 4.78 is 0. The van der Waals surface area contributed by atoms with Gasteiger partial charge in [-0.15, -0.1) is 0 Å². The van der Waals surface area contributed by atoms with Crippen LogP contribution in [0.15, 0.2) is 0 Å². The van der Waals surface area contributed by atoms with Gasteiger partial charge in [0, 0.05) is 6.04 Å². The summed E-state index contributed by atoms with van der Waals surface area (Å²) in [5.41, 5.74) is 0. The zero-order valence-corrected chi connectivity index (χ0v) is 10.5. The third-order valence-electron chi connectivity index (χ3n) is 3.09. The fraction of sp³-hybridized carbons (Fsp3) is 1.00. The summed E-state index contributed by atoms with van der Waals surface area (Å²) in [6.07, 6.45) is 2.38. The van der Waals surface area contributed by atoms with Crippen molar-refractivity contribution in [3.63, 3.8) is 0 Å². The zero-order valence-electron chi connectivity index (χ0n) is 10.5. The van der Waals surface area contributed by atoms with Crippen LogP contribution in [0.4, 0.5) is 0 Å². The van der Waals surface area contributed by atoms with Crippen LogP contribution in [-0.4, -0.2) is 35.2 Å². The molecule has 1 aliphatic heterocycles. The molecule has 1 heterocycles. The van der Waals surface area contributed by atoms with Crippen molar-refractivity contribution in [2.75, 3.05) is 13.1 Å².